The average molecular weight is 299 g/mol. The first kappa shape index (κ1) is 13.9. The van der Waals surface area contributed by atoms with Gasteiger partial charge >= 0.3 is 0 Å². The van der Waals surface area contributed by atoms with Crippen LogP contribution in [0.2, 0.25) is 0 Å². The molecule has 3 rings (SSSR count). The van der Waals surface area contributed by atoms with E-state index < -0.39 is 9.84 Å². The van der Waals surface area contributed by atoms with Gasteiger partial charge in [-0.1, -0.05) is 48.5 Å². The summed E-state index contributed by atoms with van der Waals surface area (Å²) in [5.74, 6) is 0.148. The molecule has 0 aliphatic carbocycles. The summed E-state index contributed by atoms with van der Waals surface area (Å²) in [4.78, 5) is 2.14. The number of benzene rings is 2. The second kappa shape index (κ2) is 5.74. The predicted octanol–water partition coefficient (Wildman–Crippen LogP) is 3.00. The highest BCUT2D eigenvalue weighted by Crippen LogP contribution is 2.24. The van der Waals surface area contributed by atoms with Gasteiger partial charge in [0, 0.05) is 17.6 Å². The lowest BCUT2D eigenvalue weighted by atomic mass is 10.1. The maximum atomic E-state index is 11.7. The minimum atomic E-state index is -3.06. The van der Waals surface area contributed by atoms with Gasteiger partial charge in [-0.3, -0.25) is 0 Å². The van der Waals surface area contributed by atoms with E-state index in [0.717, 1.165) is 5.69 Å². The van der Waals surface area contributed by atoms with E-state index in [4.69, 9.17) is 0 Å². The predicted molar refractivity (Wildman–Crippen MR) is 85.8 cm³/mol. The van der Waals surface area contributed by atoms with Crippen LogP contribution in [0.15, 0.2) is 72.1 Å². The largest absolute Gasteiger partial charge is 0.360 e. The molecule has 0 radical (unpaired) electrons. The fraction of sp³-hybridized carbons (Fsp3) is 0.176. The number of anilines is 1. The van der Waals surface area contributed by atoms with Gasteiger partial charge in [0.2, 0.25) is 0 Å². The molecular formula is C17H17NO2S. The Morgan fingerprint density at radius 1 is 0.952 bits per heavy atom. The van der Waals surface area contributed by atoms with Gasteiger partial charge in [-0.25, -0.2) is 8.42 Å². The summed E-state index contributed by atoms with van der Waals surface area (Å²) in [7, 11) is -3.06. The van der Waals surface area contributed by atoms with Crippen molar-refractivity contribution < 1.29 is 8.42 Å². The van der Waals surface area contributed by atoms with Crippen molar-refractivity contribution >= 4 is 15.5 Å². The topological polar surface area (TPSA) is 37.4 Å². The summed E-state index contributed by atoms with van der Waals surface area (Å²) in [6.07, 6.45) is 1.78. The van der Waals surface area contributed by atoms with Gasteiger partial charge in [-0.05, 0) is 23.8 Å². The van der Waals surface area contributed by atoms with Crippen molar-refractivity contribution in [2.45, 2.75) is 12.6 Å². The van der Waals surface area contributed by atoms with Gasteiger partial charge in [-0.15, -0.1) is 0 Å². The lowest BCUT2D eigenvalue weighted by Crippen LogP contribution is -2.35. The van der Waals surface area contributed by atoms with Crippen molar-refractivity contribution in [3.8, 4) is 0 Å². The summed E-state index contributed by atoms with van der Waals surface area (Å²) < 4.78 is 23.4. The molecule has 0 aromatic heterocycles. The normalized spacial score (nSPS) is 19.5. The van der Waals surface area contributed by atoms with Crippen molar-refractivity contribution in [1.29, 1.82) is 0 Å². The standard InChI is InChI=1S/C17H17NO2S/c19-21(20)12-11-17(14-21)18(16-9-5-2-6-10-16)13-15-7-3-1-4-8-15/h1-12,17H,13-14H2/t17-/m1/s1. The summed E-state index contributed by atoms with van der Waals surface area (Å²) in [5, 5.41) is 1.33. The number of para-hydroxylation sites is 1. The molecule has 4 heteroatoms. The first-order chi connectivity index (χ1) is 10.1. The van der Waals surface area contributed by atoms with Crippen LogP contribution in [-0.2, 0) is 16.4 Å². The lowest BCUT2D eigenvalue weighted by Gasteiger charge is -2.30. The summed E-state index contributed by atoms with van der Waals surface area (Å²) in [6, 6.07) is 19.9. The van der Waals surface area contributed by atoms with Crippen LogP contribution in [0.1, 0.15) is 5.56 Å². The Balaban J connectivity index is 1.91. The molecule has 2 aromatic carbocycles. The maximum Gasteiger partial charge on any atom is 0.173 e. The van der Waals surface area contributed by atoms with Gasteiger partial charge in [0.1, 0.15) is 0 Å². The van der Waals surface area contributed by atoms with Gasteiger partial charge in [-0.2, -0.15) is 0 Å². The SMILES string of the molecule is O=S1(=O)C=C[C@@H](N(Cc2ccccc2)c2ccccc2)C1. The Morgan fingerprint density at radius 3 is 2.14 bits per heavy atom. The zero-order valence-corrected chi connectivity index (χ0v) is 12.4. The zero-order chi connectivity index (χ0) is 14.7. The monoisotopic (exact) mass is 299 g/mol. The first-order valence-electron chi connectivity index (χ1n) is 6.91. The van der Waals surface area contributed by atoms with E-state index in [1.807, 2.05) is 48.5 Å². The van der Waals surface area contributed by atoms with Crippen LogP contribution in [0, 0.1) is 0 Å². The lowest BCUT2D eigenvalue weighted by molar-refractivity contribution is 0.601. The number of nitrogens with zero attached hydrogens (tertiary/aromatic N) is 1. The number of sulfone groups is 1. The smallest absolute Gasteiger partial charge is 0.173 e. The first-order valence-corrected chi connectivity index (χ1v) is 8.62. The molecule has 0 saturated heterocycles. The fourth-order valence-corrected chi connectivity index (χ4v) is 3.85. The number of rotatable bonds is 4. The van der Waals surface area contributed by atoms with Crippen LogP contribution in [0.3, 0.4) is 0 Å². The second-order valence-electron chi connectivity index (χ2n) is 5.17. The molecule has 0 N–H and O–H groups in total. The molecule has 0 spiro atoms. The van der Waals surface area contributed by atoms with E-state index in [1.165, 1.54) is 11.0 Å². The van der Waals surface area contributed by atoms with E-state index in [2.05, 4.69) is 17.0 Å². The molecule has 0 unspecified atom stereocenters. The van der Waals surface area contributed by atoms with Gasteiger partial charge < -0.3 is 4.90 Å². The minimum absolute atomic E-state index is 0.113. The number of hydrogen-bond donors (Lipinski definition) is 0. The van der Waals surface area contributed by atoms with Gasteiger partial charge in [0.25, 0.3) is 0 Å². The molecule has 1 atom stereocenters. The van der Waals surface area contributed by atoms with E-state index in [1.54, 1.807) is 6.08 Å². The zero-order valence-electron chi connectivity index (χ0n) is 11.6. The molecule has 21 heavy (non-hydrogen) atoms. The molecule has 0 fully saturated rings. The Bertz CT molecular complexity index is 724. The van der Waals surface area contributed by atoms with Gasteiger partial charge in [0.05, 0.1) is 11.8 Å². The Kier molecular flexibility index (Phi) is 3.80. The van der Waals surface area contributed by atoms with Gasteiger partial charge in [0.15, 0.2) is 9.84 Å². The Morgan fingerprint density at radius 2 is 1.57 bits per heavy atom. The summed E-state index contributed by atoms with van der Waals surface area (Å²) >= 11 is 0. The van der Waals surface area contributed by atoms with Crippen LogP contribution in [0.25, 0.3) is 0 Å². The van der Waals surface area contributed by atoms with Crippen molar-refractivity contribution in [3.63, 3.8) is 0 Å². The average Bonchev–Trinajstić information content (AvgIpc) is 2.87. The van der Waals surface area contributed by atoms with Crippen LogP contribution in [0.4, 0.5) is 5.69 Å². The molecular weight excluding hydrogens is 282 g/mol. The second-order valence-corrected chi connectivity index (χ2v) is 7.11. The summed E-state index contributed by atoms with van der Waals surface area (Å²) in [5.41, 5.74) is 2.20. The van der Waals surface area contributed by atoms with E-state index in [-0.39, 0.29) is 11.8 Å². The van der Waals surface area contributed by atoms with Crippen molar-refractivity contribution in [2.24, 2.45) is 0 Å². The fourth-order valence-electron chi connectivity index (χ4n) is 2.55. The quantitative estimate of drug-likeness (QED) is 0.871. The molecule has 0 amide bonds. The molecule has 3 nitrogen and oxygen atoms in total. The highest BCUT2D eigenvalue weighted by Gasteiger charge is 2.27. The molecule has 2 aromatic rings. The third-order valence-electron chi connectivity index (χ3n) is 3.60. The molecule has 0 saturated carbocycles. The number of hydrogen-bond acceptors (Lipinski definition) is 3. The van der Waals surface area contributed by atoms with E-state index in [9.17, 15) is 8.42 Å². The maximum absolute atomic E-state index is 11.7. The third kappa shape index (κ3) is 3.34. The Hall–Kier alpha value is -2.07. The van der Waals surface area contributed by atoms with Crippen molar-refractivity contribution in [3.05, 3.63) is 77.7 Å². The van der Waals surface area contributed by atoms with Crippen molar-refractivity contribution in [1.82, 2.24) is 0 Å². The van der Waals surface area contributed by atoms with Crippen LogP contribution >= 0.6 is 0 Å². The molecule has 1 heterocycles. The minimum Gasteiger partial charge on any atom is -0.360 e. The van der Waals surface area contributed by atoms with Crippen LogP contribution in [-0.4, -0.2) is 20.2 Å². The third-order valence-corrected chi connectivity index (χ3v) is 4.97. The highest BCUT2D eigenvalue weighted by atomic mass is 32.2. The molecule has 1 aliphatic heterocycles. The Labute approximate surface area is 125 Å². The van der Waals surface area contributed by atoms with Crippen LogP contribution < -0.4 is 4.90 Å². The molecule has 1 aliphatic rings. The molecule has 0 bridgehead atoms. The highest BCUT2D eigenvalue weighted by molar-refractivity contribution is 7.94. The van der Waals surface area contributed by atoms with E-state index >= 15 is 0 Å². The van der Waals surface area contributed by atoms with Crippen molar-refractivity contribution in [2.75, 3.05) is 10.7 Å². The van der Waals surface area contributed by atoms with Crippen LogP contribution in [0.5, 0.6) is 0 Å². The summed E-state index contributed by atoms with van der Waals surface area (Å²) in [6.45, 7) is 0.690. The molecule has 108 valence electrons. The van der Waals surface area contributed by atoms with E-state index in [0.29, 0.717) is 6.54 Å².